The largest absolute Gasteiger partial charge is 0.393 e. The number of ether oxygens (including phenoxy) is 1. The minimum Gasteiger partial charge on any atom is -0.393 e. The van der Waals surface area contributed by atoms with Gasteiger partial charge in [0.1, 0.15) is 0 Å². The van der Waals surface area contributed by atoms with Crippen LogP contribution in [0.25, 0.3) is 0 Å². The SMILES string of the molecule is OC1CCCCC1CNCC1CCC2(CCCCC2)O1. The summed E-state index contributed by atoms with van der Waals surface area (Å²) in [5.41, 5.74) is 0.245. The van der Waals surface area contributed by atoms with Crippen LogP contribution in [0.3, 0.4) is 0 Å². The number of hydrogen-bond acceptors (Lipinski definition) is 3. The van der Waals surface area contributed by atoms with Crippen molar-refractivity contribution in [2.45, 2.75) is 88.4 Å². The fraction of sp³-hybridized carbons (Fsp3) is 1.00. The molecule has 0 amide bonds. The molecule has 0 radical (unpaired) electrons. The first-order chi connectivity index (χ1) is 9.77. The second-order valence-corrected chi connectivity index (χ2v) is 7.29. The second kappa shape index (κ2) is 6.76. The first kappa shape index (κ1) is 14.8. The first-order valence-electron chi connectivity index (χ1n) is 8.84. The van der Waals surface area contributed by atoms with Crippen molar-refractivity contribution >= 4 is 0 Å². The summed E-state index contributed by atoms with van der Waals surface area (Å²) in [5, 5.41) is 13.6. The zero-order valence-corrected chi connectivity index (χ0v) is 12.8. The van der Waals surface area contributed by atoms with Crippen molar-refractivity contribution in [2.75, 3.05) is 13.1 Å². The van der Waals surface area contributed by atoms with Gasteiger partial charge in [0.15, 0.2) is 0 Å². The molecule has 0 aromatic heterocycles. The third-order valence-corrected chi connectivity index (χ3v) is 5.75. The molecule has 1 spiro atoms. The zero-order valence-electron chi connectivity index (χ0n) is 12.8. The molecule has 3 atom stereocenters. The van der Waals surface area contributed by atoms with E-state index in [4.69, 9.17) is 4.74 Å². The van der Waals surface area contributed by atoms with Crippen molar-refractivity contribution in [3.05, 3.63) is 0 Å². The molecule has 2 saturated carbocycles. The van der Waals surface area contributed by atoms with Gasteiger partial charge in [-0.3, -0.25) is 0 Å². The topological polar surface area (TPSA) is 41.5 Å². The highest BCUT2D eigenvalue weighted by atomic mass is 16.5. The van der Waals surface area contributed by atoms with Gasteiger partial charge in [0.25, 0.3) is 0 Å². The Balaban J connectivity index is 1.37. The summed E-state index contributed by atoms with van der Waals surface area (Å²) in [6.07, 6.45) is 14.2. The average Bonchev–Trinajstić information content (AvgIpc) is 2.85. The van der Waals surface area contributed by atoms with Crippen LogP contribution in [-0.4, -0.2) is 36.0 Å². The van der Waals surface area contributed by atoms with Crippen LogP contribution in [-0.2, 0) is 4.74 Å². The minimum absolute atomic E-state index is 0.0783. The molecule has 3 nitrogen and oxygen atoms in total. The Morgan fingerprint density at radius 1 is 0.900 bits per heavy atom. The standard InChI is InChI=1S/C17H31NO2/c19-16-7-3-2-6-14(16)12-18-13-15-8-11-17(20-15)9-4-1-5-10-17/h14-16,18-19H,1-13H2. The van der Waals surface area contributed by atoms with Gasteiger partial charge in [0.05, 0.1) is 17.8 Å². The predicted molar refractivity (Wildman–Crippen MR) is 80.8 cm³/mol. The van der Waals surface area contributed by atoms with Gasteiger partial charge in [-0.05, 0) is 44.4 Å². The lowest BCUT2D eigenvalue weighted by molar-refractivity contribution is -0.0629. The predicted octanol–water partition coefficient (Wildman–Crippen LogP) is 3.01. The van der Waals surface area contributed by atoms with Crippen LogP contribution in [0.2, 0.25) is 0 Å². The van der Waals surface area contributed by atoms with Crippen molar-refractivity contribution in [1.82, 2.24) is 5.32 Å². The normalized spacial score (nSPS) is 37.4. The molecule has 3 heteroatoms. The van der Waals surface area contributed by atoms with Crippen molar-refractivity contribution in [1.29, 1.82) is 0 Å². The zero-order chi connectivity index (χ0) is 13.8. The van der Waals surface area contributed by atoms with Crippen LogP contribution < -0.4 is 5.32 Å². The maximum Gasteiger partial charge on any atom is 0.0708 e. The van der Waals surface area contributed by atoms with Crippen LogP contribution in [0.1, 0.15) is 70.6 Å². The van der Waals surface area contributed by atoms with E-state index in [2.05, 4.69) is 5.32 Å². The van der Waals surface area contributed by atoms with E-state index in [-0.39, 0.29) is 11.7 Å². The third-order valence-electron chi connectivity index (χ3n) is 5.75. The highest BCUT2D eigenvalue weighted by Gasteiger charge is 2.40. The number of nitrogens with one attached hydrogen (secondary N) is 1. The number of rotatable bonds is 4. The minimum atomic E-state index is -0.0783. The Bertz CT molecular complexity index is 301. The molecule has 0 aromatic rings. The summed E-state index contributed by atoms with van der Waals surface area (Å²) in [7, 11) is 0. The summed E-state index contributed by atoms with van der Waals surface area (Å²) >= 11 is 0. The highest BCUT2D eigenvalue weighted by molar-refractivity contribution is 4.92. The van der Waals surface area contributed by atoms with E-state index in [9.17, 15) is 5.11 Å². The van der Waals surface area contributed by atoms with Crippen molar-refractivity contribution < 1.29 is 9.84 Å². The van der Waals surface area contributed by atoms with Gasteiger partial charge in [-0.2, -0.15) is 0 Å². The molecule has 1 heterocycles. The molecule has 20 heavy (non-hydrogen) atoms. The molecule has 1 saturated heterocycles. The monoisotopic (exact) mass is 281 g/mol. The second-order valence-electron chi connectivity index (χ2n) is 7.29. The molecule has 0 bridgehead atoms. The van der Waals surface area contributed by atoms with Crippen LogP contribution >= 0.6 is 0 Å². The van der Waals surface area contributed by atoms with E-state index in [1.165, 1.54) is 64.2 Å². The van der Waals surface area contributed by atoms with E-state index in [1.54, 1.807) is 0 Å². The molecule has 3 unspecified atom stereocenters. The summed E-state index contributed by atoms with van der Waals surface area (Å²) in [6.45, 7) is 1.94. The number of aliphatic hydroxyl groups is 1. The maximum atomic E-state index is 9.99. The smallest absolute Gasteiger partial charge is 0.0708 e. The lowest BCUT2D eigenvalue weighted by Gasteiger charge is -2.33. The molecule has 1 aliphatic heterocycles. The first-order valence-corrected chi connectivity index (χ1v) is 8.84. The Hall–Kier alpha value is -0.120. The molecule has 3 aliphatic rings. The van der Waals surface area contributed by atoms with Crippen molar-refractivity contribution in [3.63, 3.8) is 0 Å². The van der Waals surface area contributed by atoms with Crippen molar-refractivity contribution in [3.8, 4) is 0 Å². The Labute approximate surface area is 123 Å². The fourth-order valence-corrected chi connectivity index (χ4v) is 4.46. The van der Waals surface area contributed by atoms with Crippen LogP contribution in [0.15, 0.2) is 0 Å². The van der Waals surface area contributed by atoms with E-state index in [0.29, 0.717) is 12.0 Å². The van der Waals surface area contributed by atoms with Gasteiger partial charge in [0, 0.05) is 13.1 Å². The van der Waals surface area contributed by atoms with Gasteiger partial charge < -0.3 is 15.2 Å². The summed E-state index contributed by atoms with van der Waals surface area (Å²) < 4.78 is 6.38. The van der Waals surface area contributed by atoms with Gasteiger partial charge in [0.2, 0.25) is 0 Å². The molecular formula is C17H31NO2. The highest BCUT2D eigenvalue weighted by Crippen LogP contribution is 2.41. The van der Waals surface area contributed by atoms with E-state index in [1.807, 2.05) is 0 Å². The van der Waals surface area contributed by atoms with Crippen LogP contribution in [0.4, 0.5) is 0 Å². The molecule has 2 aliphatic carbocycles. The number of hydrogen-bond donors (Lipinski definition) is 2. The van der Waals surface area contributed by atoms with Crippen LogP contribution in [0.5, 0.6) is 0 Å². The molecule has 3 rings (SSSR count). The average molecular weight is 281 g/mol. The lowest BCUT2D eigenvalue weighted by atomic mass is 9.83. The molecule has 0 aromatic carbocycles. The summed E-state index contributed by atoms with van der Waals surface area (Å²) in [5.74, 6) is 0.466. The van der Waals surface area contributed by atoms with E-state index < -0.39 is 0 Å². The Morgan fingerprint density at radius 3 is 2.50 bits per heavy atom. The summed E-state index contributed by atoms with van der Waals surface area (Å²) in [6, 6.07) is 0. The maximum absolute atomic E-state index is 9.99. The van der Waals surface area contributed by atoms with E-state index >= 15 is 0 Å². The molecular weight excluding hydrogens is 250 g/mol. The van der Waals surface area contributed by atoms with Gasteiger partial charge in [-0.1, -0.05) is 32.1 Å². The Morgan fingerprint density at radius 2 is 1.70 bits per heavy atom. The molecule has 3 fully saturated rings. The van der Waals surface area contributed by atoms with Gasteiger partial charge in [-0.15, -0.1) is 0 Å². The molecule has 116 valence electrons. The fourth-order valence-electron chi connectivity index (χ4n) is 4.46. The lowest BCUT2D eigenvalue weighted by Crippen LogP contribution is -2.38. The van der Waals surface area contributed by atoms with Gasteiger partial charge >= 0.3 is 0 Å². The van der Waals surface area contributed by atoms with Crippen molar-refractivity contribution in [2.24, 2.45) is 5.92 Å². The number of aliphatic hydroxyl groups excluding tert-OH is 1. The van der Waals surface area contributed by atoms with Crippen LogP contribution in [0, 0.1) is 5.92 Å². The third kappa shape index (κ3) is 3.55. The molecule has 2 N–H and O–H groups in total. The Kier molecular flexibility index (Phi) is 5.00. The summed E-state index contributed by atoms with van der Waals surface area (Å²) in [4.78, 5) is 0. The van der Waals surface area contributed by atoms with E-state index in [0.717, 1.165) is 19.5 Å². The quantitative estimate of drug-likeness (QED) is 0.832. The van der Waals surface area contributed by atoms with Gasteiger partial charge in [-0.25, -0.2) is 0 Å².